The number of fused-ring (bicyclic) bond motifs is 8. The maximum Gasteiger partial charge on any atom is 0.240 e. The molecule has 3 unspecified atom stereocenters. The summed E-state index contributed by atoms with van der Waals surface area (Å²) in [6.07, 6.45) is 15.6. The van der Waals surface area contributed by atoms with Crippen molar-refractivity contribution < 1.29 is 4.79 Å². The number of aromatic nitrogens is 4. The number of rotatable bonds is 1. The Balaban J connectivity index is 1.34. The number of carbonyl (C=O) groups excluding carboxylic acids is 1. The van der Waals surface area contributed by atoms with Crippen LogP contribution in [-0.4, -0.2) is 25.7 Å². The first-order valence-corrected chi connectivity index (χ1v) is 16.0. The van der Waals surface area contributed by atoms with E-state index in [0.29, 0.717) is 17.8 Å². The molecule has 7 heteroatoms. The summed E-state index contributed by atoms with van der Waals surface area (Å²) in [5.41, 5.74) is 16.9. The Morgan fingerprint density at radius 1 is 1.00 bits per heavy atom. The van der Waals surface area contributed by atoms with Crippen LogP contribution in [0.2, 0.25) is 0 Å². The Morgan fingerprint density at radius 2 is 1.73 bits per heavy atom. The summed E-state index contributed by atoms with van der Waals surface area (Å²) in [4.78, 5) is 18.6. The summed E-state index contributed by atoms with van der Waals surface area (Å²) in [6.45, 7) is 17.4. The Bertz CT molecular complexity index is 1460. The number of nitrogens with one attached hydrogen (secondary N) is 1. The van der Waals surface area contributed by atoms with E-state index in [2.05, 4.69) is 64.6 Å². The lowest BCUT2D eigenvalue weighted by molar-refractivity contribution is -0.157. The molecule has 5 N–H and O–H groups in total. The second-order valence-electron chi connectivity index (χ2n) is 16.7. The van der Waals surface area contributed by atoms with Gasteiger partial charge in [0.25, 0.3) is 0 Å². The number of nitrogens with two attached hydrogens (primary N) is 2. The van der Waals surface area contributed by atoms with Crippen molar-refractivity contribution in [2.75, 3.05) is 11.5 Å². The van der Waals surface area contributed by atoms with Gasteiger partial charge in [0.2, 0.25) is 11.9 Å². The number of imidazole rings is 1. The zero-order valence-electron chi connectivity index (χ0n) is 26.2. The summed E-state index contributed by atoms with van der Waals surface area (Å²) in [5, 5.41) is 7.87. The Hall–Kier alpha value is -2.57. The number of anilines is 2. The highest BCUT2D eigenvalue weighted by molar-refractivity contribution is 5.88. The largest absolute Gasteiger partial charge is 0.384 e. The number of hydrogen-bond donors (Lipinski definition) is 3. The van der Waals surface area contributed by atoms with Crippen molar-refractivity contribution in [3.8, 4) is 0 Å². The van der Waals surface area contributed by atoms with Crippen LogP contribution in [0.25, 0.3) is 0 Å². The fraction of sp³-hybridized carbons (Fsp3) is 0.735. The lowest BCUT2D eigenvalue weighted by Crippen LogP contribution is -2.65. The van der Waals surface area contributed by atoms with E-state index in [1.165, 1.54) is 24.1 Å². The van der Waals surface area contributed by atoms with Crippen molar-refractivity contribution in [2.24, 2.45) is 44.8 Å². The van der Waals surface area contributed by atoms with Crippen molar-refractivity contribution >= 4 is 17.7 Å². The van der Waals surface area contributed by atoms with Gasteiger partial charge in [-0.15, -0.1) is 0 Å². The van der Waals surface area contributed by atoms with E-state index >= 15 is 0 Å². The van der Waals surface area contributed by atoms with Crippen molar-refractivity contribution in [3.63, 3.8) is 0 Å². The molecule has 5 aliphatic rings. The molecule has 41 heavy (non-hydrogen) atoms. The van der Waals surface area contributed by atoms with Gasteiger partial charge in [-0.05, 0) is 97.2 Å². The molecule has 7 rings (SSSR count). The molecule has 0 bridgehead atoms. The quantitative estimate of drug-likeness (QED) is 0.328. The van der Waals surface area contributed by atoms with Gasteiger partial charge in [0.15, 0.2) is 0 Å². The molecule has 0 aliphatic heterocycles. The lowest BCUT2D eigenvalue weighted by Gasteiger charge is -2.70. The van der Waals surface area contributed by atoms with Crippen LogP contribution < -0.4 is 11.5 Å². The normalized spacial score (nSPS) is 42.1. The van der Waals surface area contributed by atoms with Crippen molar-refractivity contribution in [2.45, 2.75) is 112 Å². The summed E-state index contributed by atoms with van der Waals surface area (Å²) >= 11 is 0. The van der Waals surface area contributed by atoms with E-state index in [1.807, 2.05) is 0 Å². The van der Waals surface area contributed by atoms with Crippen LogP contribution in [-0.2, 0) is 11.8 Å². The molecule has 0 aromatic carbocycles. The molecule has 0 radical (unpaired) electrons. The van der Waals surface area contributed by atoms with E-state index in [4.69, 9.17) is 16.6 Å². The minimum absolute atomic E-state index is 0.0189. The predicted molar refractivity (Wildman–Crippen MR) is 163 cm³/mol. The Kier molecular flexibility index (Phi) is 5.37. The van der Waals surface area contributed by atoms with E-state index in [1.54, 1.807) is 22.5 Å². The summed E-state index contributed by atoms with van der Waals surface area (Å²) in [6, 6.07) is 0. The average molecular weight is 559 g/mol. The third kappa shape index (κ3) is 3.24. The van der Waals surface area contributed by atoms with Crippen molar-refractivity contribution in [3.05, 3.63) is 35.3 Å². The van der Waals surface area contributed by atoms with Crippen LogP contribution in [0.3, 0.4) is 0 Å². The maximum atomic E-state index is 14.4. The second-order valence-corrected chi connectivity index (χ2v) is 16.7. The molecule has 3 saturated carbocycles. The van der Waals surface area contributed by atoms with Gasteiger partial charge in [-0.2, -0.15) is 5.10 Å². The third-order valence-corrected chi connectivity index (χ3v) is 14.2. The number of nitrogen functional groups attached to an aromatic ring is 2. The average Bonchev–Trinajstić information content (AvgIpc) is 3.49. The van der Waals surface area contributed by atoms with Crippen LogP contribution in [0.15, 0.2) is 24.0 Å². The van der Waals surface area contributed by atoms with Gasteiger partial charge in [-0.1, -0.05) is 60.1 Å². The maximum absolute atomic E-state index is 14.4. The molecule has 222 valence electrons. The number of H-pyrrole nitrogens is 1. The smallest absolute Gasteiger partial charge is 0.240 e. The standard InChI is InChI=1S/C34H50N6O/c1-29(2)12-14-34(27(41)40-17-16-37-28(40)36)15-13-32(6)21(22(34)19-29)8-9-24-31(5)18-20-25(38-39-26(20)35)30(3,4)23(31)10-11-33(24,32)7/h8,16-17,22-24H,9-15,18-19H2,1-7H3,(H2,36,37)(H3,35,38,39)/t22?,23?,24?,31-,32+,33+,34-/m0/s1. The van der Waals surface area contributed by atoms with E-state index in [9.17, 15) is 4.79 Å². The molecule has 0 saturated heterocycles. The van der Waals surface area contributed by atoms with Crippen molar-refractivity contribution in [1.82, 2.24) is 19.7 Å². The minimum Gasteiger partial charge on any atom is -0.384 e. The van der Waals surface area contributed by atoms with Crippen molar-refractivity contribution in [1.29, 1.82) is 0 Å². The molecule has 3 fully saturated rings. The van der Waals surface area contributed by atoms with E-state index in [-0.39, 0.29) is 38.9 Å². The number of carbonyl (C=O) groups is 1. The van der Waals surface area contributed by atoms with Gasteiger partial charge >= 0.3 is 0 Å². The van der Waals surface area contributed by atoms with Gasteiger partial charge in [0.1, 0.15) is 5.82 Å². The van der Waals surface area contributed by atoms with Gasteiger partial charge < -0.3 is 11.5 Å². The lowest BCUT2D eigenvalue weighted by atomic mass is 9.33. The molecule has 7 atom stereocenters. The highest BCUT2D eigenvalue weighted by Crippen LogP contribution is 2.75. The third-order valence-electron chi connectivity index (χ3n) is 14.2. The summed E-state index contributed by atoms with van der Waals surface area (Å²) < 4.78 is 1.64. The fourth-order valence-electron chi connectivity index (χ4n) is 11.8. The molecule has 2 heterocycles. The van der Waals surface area contributed by atoms with Gasteiger partial charge in [0.05, 0.1) is 11.1 Å². The predicted octanol–water partition coefficient (Wildman–Crippen LogP) is 6.93. The summed E-state index contributed by atoms with van der Waals surface area (Å²) in [5.74, 6) is 2.58. The second kappa shape index (κ2) is 8.08. The van der Waals surface area contributed by atoms with E-state index < -0.39 is 5.41 Å². The monoisotopic (exact) mass is 558 g/mol. The first kappa shape index (κ1) is 27.3. The van der Waals surface area contributed by atoms with Gasteiger partial charge in [0, 0.05) is 23.4 Å². The van der Waals surface area contributed by atoms with Crippen LogP contribution >= 0.6 is 0 Å². The molecule has 0 amide bonds. The topological polar surface area (TPSA) is 116 Å². The number of aromatic amines is 1. The SMILES string of the molecule is CC1(C)CC[C@]2(C(=O)n3ccnc3N)CC[C@]3(C)C(=CCC4[C@@]5(C)Cc6c(n[nH]c6N)C(C)(C)C5CC[C@]43C)C2C1. The Labute approximate surface area is 245 Å². The molecule has 2 aromatic heterocycles. The first-order valence-electron chi connectivity index (χ1n) is 16.0. The highest BCUT2D eigenvalue weighted by atomic mass is 16.2. The zero-order chi connectivity index (χ0) is 29.4. The van der Waals surface area contributed by atoms with Crippen LogP contribution in [0.1, 0.15) is 116 Å². The number of hydrogen-bond acceptors (Lipinski definition) is 5. The zero-order valence-corrected chi connectivity index (χ0v) is 26.2. The fourth-order valence-corrected chi connectivity index (χ4v) is 11.8. The van der Waals surface area contributed by atoms with Gasteiger partial charge in [-0.25, -0.2) is 4.98 Å². The first-order chi connectivity index (χ1) is 19.1. The highest BCUT2D eigenvalue weighted by Gasteiger charge is 2.69. The number of nitrogens with zero attached hydrogens (tertiary/aromatic N) is 3. The number of allylic oxidation sites excluding steroid dienone is 2. The van der Waals surface area contributed by atoms with E-state index in [0.717, 1.165) is 50.8 Å². The van der Waals surface area contributed by atoms with Gasteiger partial charge in [-0.3, -0.25) is 14.5 Å². The molecule has 7 nitrogen and oxygen atoms in total. The van der Waals surface area contributed by atoms with Crippen LogP contribution in [0.5, 0.6) is 0 Å². The molecule has 5 aliphatic carbocycles. The molecule has 2 aromatic rings. The molecule has 0 spiro atoms. The summed E-state index contributed by atoms with van der Waals surface area (Å²) in [7, 11) is 0. The molecular formula is C34H50N6O. The minimum atomic E-state index is -0.410. The molecular weight excluding hydrogens is 508 g/mol. The Morgan fingerprint density at radius 3 is 2.44 bits per heavy atom. The van der Waals surface area contributed by atoms with Crippen LogP contribution in [0.4, 0.5) is 11.8 Å². The van der Waals surface area contributed by atoms with Crippen LogP contribution in [0, 0.1) is 44.8 Å².